The molecule has 1 saturated heterocycles. The third kappa shape index (κ3) is 2.90. The van der Waals surface area contributed by atoms with Gasteiger partial charge in [-0.3, -0.25) is 0 Å². The molecule has 8 heteroatoms. The third-order valence-electron chi connectivity index (χ3n) is 4.01. The summed E-state index contributed by atoms with van der Waals surface area (Å²) >= 11 is 0. The molecule has 1 aliphatic rings. The minimum absolute atomic E-state index is 0.162. The van der Waals surface area contributed by atoms with E-state index in [0.29, 0.717) is 5.39 Å². The summed E-state index contributed by atoms with van der Waals surface area (Å²) in [4.78, 5) is 11.5. The van der Waals surface area contributed by atoms with E-state index in [0.717, 1.165) is 0 Å². The minimum atomic E-state index is -1.75. The Kier molecular flexibility index (Phi) is 3.99. The smallest absolute Gasteiger partial charge is 0.336 e. The van der Waals surface area contributed by atoms with Crippen molar-refractivity contribution in [3.8, 4) is 5.75 Å². The van der Waals surface area contributed by atoms with Crippen LogP contribution < -0.4 is 10.4 Å². The van der Waals surface area contributed by atoms with Crippen molar-refractivity contribution in [2.24, 2.45) is 0 Å². The Morgan fingerprint density at radius 3 is 2.75 bits per heavy atom. The van der Waals surface area contributed by atoms with Gasteiger partial charge in [0.15, 0.2) is 0 Å². The molecule has 0 aliphatic carbocycles. The lowest BCUT2D eigenvalue weighted by Crippen LogP contribution is -2.66. The van der Waals surface area contributed by atoms with Crippen LogP contribution in [-0.4, -0.2) is 57.2 Å². The fourth-order valence-electron chi connectivity index (χ4n) is 2.67. The molecule has 4 N–H and O–H groups in total. The minimum Gasteiger partial charge on any atom is -0.460 e. The first-order valence-electron chi connectivity index (χ1n) is 7.81. The summed E-state index contributed by atoms with van der Waals surface area (Å²) in [7, 11) is 0. The summed E-state index contributed by atoms with van der Waals surface area (Å²) < 4.78 is 23.5. The predicted molar refractivity (Wildman–Crippen MR) is 81.5 cm³/mol. The molecule has 3 rings (SSSR count). The number of hydrogen-bond acceptors (Lipinski definition) is 8. The lowest BCUT2D eigenvalue weighted by molar-refractivity contribution is -0.329. The Morgan fingerprint density at radius 1 is 1.29 bits per heavy atom. The molecule has 1 aromatic carbocycles. The van der Waals surface area contributed by atoms with E-state index >= 15 is 0 Å². The Hall–Kier alpha value is -1.97. The molecular weight excluding hydrogens is 320 g/mol. The van der Waals surface area contributed by atoms with Crippen LogP contribution in [0.15, 0.2) is 39.5 Å². The quantitative estimate of drug-likeness (QED) is 0.544. The van der Waals surface area contributed by atoms with Crippen molar-refractivity contribution in [3.63, 3.8) is 0 Å². The van der Waals surface area contributed by atoms with Gasteiger partial charge in [0.05, 0.1) is 7.98 Å². The maximum atomic E-state index is 11.5. The zero-order valence-corrected chi connectivity index (χ0v) is 12.7. The van der Waals surface area contributed by atoms with Crippen molar-refractivity contribution >= 4 is 11.0 Å². The second-order valence-corrected chi connectivity index (χ2v) is 5.76. The second-order valence-electron chi connectivity index (χ2n) is 5.76. The van der Waals surface area contributed by atoms with Crippen LogP contribution in [0, 0.1) is 0 Å². The van der Waals surface area contributed by atoms with Crippen LogP contribution in [0.1, 0.15) is 8.29 Å². The summed E-state index contributed by atoms with van der Waals surface area (Å²) in [6, 6.07) is 5.51. The highest BCUT2D eigenvalue weighted by molar-refractivity contribution is 5.77. The van der Waals surface area contributed by atoms with Gasteiger partial charge in [-0.1, -0.05) is 0 Å². The molecule has 24 heavy (non-hydrogen) atoms. The van der Waals surface area contributed by atoms with Crippen molar-refractivity contribution in [2.75, 3.05) is 6.61 Å². The standard InChI is InChI=1S/C16H18O8/c1-16(15(21)14(20)13(19)11(7-17)24-16)23-9-4-2-8-3-5-12(18)22-10(8)6-9/h2-6,11,13-15,17,19-21H,7H2,1H3/t11-,13-,14+,15-,16?/m1/s1/i5D. The number of aliphatic hydroxyl groups is 4. The number of fused-ring (bicyclic) bond motifs is 1. The molecule has 2 heterocycles. The molecule has 130 valence electrons. The zero-order chi connectivity index (χ0) is 18.4. The van der Waals surface area contributed by atoms with Gasteiger partial charge in [0.2, 0.25) is 5.79 Å². The summed E-state index contributed by atoms with van der Waals surface area (Å²) in [5.41, 5.74) is -0.629. The van der Waals surface area contributed by atoms with Crippen LogP contribution in [0.25, 0.3) is 11.0 Å². The van der Waals surface area contributed by atoms with Gasteiger partial charge in [-0.15, -0.1) is 0 Å². The second kappa shape index (κ2) is 6.15. The number of hydrogen-bond donors (Lipinski definition) is 4. The SMILES string of the molecule is [2H]c1cc2ccc(OC3(C)O[C@H](CO)[C@@H](O)[C@H](O)[C@H]3O)cc2oc1=O. The molecule has 1 unspecified atom stereocenters. The highest BCUT2D eigenvalue weighted by Crippen LogP contribution is 2.33. The molecule has 5 atom stereocenters. The number of benzene rings is 1. The highest BCUT2D eigenvalue weighted by Gasteiger charge is 2.52. The van der Waals surface area contributed by atoms with Gasteiger partial charge in [0.1, 0.15) is 35.7 Å². The number of rotatable bonds is 3. The van der Waals surface area contributed by atoms with Gasteiger partial charge in [-0.05, 0) is 18.2 Å². The topological polar surface area (TPSA) is 130 Å². The monoisotopic (exact) mass is 339 g/mol. The summed E-state index contributed by atoms with van der Waals surface area (Å²) in [5.74, 6) is -1.59. The lowest BCUT2D eigenvalue weighted by Gasteiger charge is -2.46. The first kappa shape index (κ1) is 15.6. The Labute approximate surface area is 137 Å². The Bertz CT molecular complexity index is 834. The molecule has 1 aromatic heterocycles. The first-order valence-corrected chi connectivity index (χ1v) is 7.31. The van der Waals surface area contributed by atoms with Crippen LogP contribution in [0.5, 0.6) is 5.75 Å². The van der Waals surface area contributed by atoms with E-state index in [1.165, 1.54) is 25.1 Å². The molecule has 0 spiro atoms. The van der Waals surface area contributed by atoms with Crippen LogP contribution in [0.2, 0.25) is 0 Å². The van der Waals surface area contributed by atoms with E-state index in [4.69, 9.17) is 15.3 Å². The van der Waals surface area contributed by atoms with Crippen LogP contribution in [0.4, 0.5) is 0 Å². The van der Waals surface area contributed by atoms with Gasteiger partial charge in [-0.25, -0.2) is 4.79 Å². The van der Waals surface area contributed by atoms with Crippen molar-refractivity contribution in [1.29, 1.82) is 0 Å². The van der Waals surface area contributed by atoms with E-state index in [2.05, 4.69) is 0 Å². The molecule has 1 fully saturated rings. The Balaban J connectivity index is 1.93. The van der Waals surface area contributed by atoms with Gasteiger partial charge < -0.3 is 34.3 Å². The third-order valence-corrected chi connectivity index (χ3v) is 4.01. The van der Waals surface area contributed by atoms with E-state index < -0.39 is 42.4 Å². The Morgan fingerprint density at radius 2 is 2.04 bits per heavy atom. The summed E-state index contributed by atoms with van der Waals surface area (Å²) in [6.45, 7) is 0.769. The average Bonchev–Trinajstić information content (AvgIpc) is 2.58. The van der Waals surface area contributed by atoms with E-state index in [1.807, 2.05) is 0 Å². The van der Waals surface area contributed by atoms with Crippen molar-refractivity contribution in [2.45, 2.75) is 37.1 Å². The normalized spacial score (nSPS) is 34.1. The van der Waals surface area contributed by atoms with Gasteiger partial charge >= 0.3 is 5.63 Å². The summed E-state index contributed by atoms with van der Waals surface area (Å²) in [6.07, 6.45) is -5.79. The first-order chi connectivity index (χ1) is 11.7. The van der Waals surface area contributed by atoms with Crippen LogP contribution in [0.3, 0.4) is 0 Å². The maximum absolute atomic E-state index is 11.5. The predicted octanol–water partition coefficient (Wildman–Crippen LogP) is -0.638. The molecule has 1 aliphatic heterocycles. The summed E-state index contributed by atoms with van der Waals surface area (Å²) in [5, 5.41) is 39.7. The maximum Gasteiger partial charge on any atom is 0.336 e. The fraction of sp³-hybridized carbons (Fsp3) is 0.438. The molecule has 0 radical (unpaired) electrons. The largest absolute Gasteiger partial charge is 0.460 e. The highest BCUT2D eigenvalue weighted by atomic mass is 16.7. The molecule has 0 saturated carbocycles. The molecule has 0 amide bonds. The van der Waals surface area contributed by atoms with Gasteiger partial charge in [0, 0.05) is 24.4 Å². The van der Waals surface area contributed by atoms with Crippen molar-refractivity contribution in [1.82, 2.24) is 0 Å². The van der Waals surface area contributed by atoms with Crippen LogP contribution >= 0.6 is 0 Å². The van der Waals surface area contributed by atoms with E-state index in [9.17, 15) is 25.2 Å². The van der Waals surface area contributed by atoms with Gasteiger partial charge in [-0.2, -0.15) is 0 Å². The average molecular weight is 339 g/mol. The van der Waals surface area contributed by atoms with E-state index in [1.54, 1.807) is 6.07 Å². The van der Waals surface area contributed by atoms with Gasteiger partial charge in [0.25, 0.3) is 0 Å². The molecule has 2 aromatic rings. The molecular formula is C16H18O8. The van der Waals surface area contributed by atoms with Crippen LogP contribution in [-0.2, 0) is 4.74 Å². The molecule has 0 bridgehead atoms. The van der Waals surface area contributed by atoms with Crippen molar-refractivity contribution < 1.29 is 35.7 Å². The fourth-order valence-corrected chi connectivity index (χ4v) is 2.67. The molecule has 8 nitrogen and oxygen atoms in total. The lowest BCUT2D eigenvalue weighted by atomic mass is 9.93. The number of aliphatic hydroxyl groups excluding tert-OH is 4. The van der Waals surface area contributed by atoms with Crippen molar-refractivity contribution in [3.05, 3.63) is 40.7 Å². The number of ether oxygens (including phenoxy) is 2. The zero-order valence-electron chi connectivity index (χ0n) is 13.7. The van der Waals surface area contributed by atoms with E-state index in [-0.39, 0.29) is 17.4 Å².